The highest BCUT2D eigenvalue weighted by Gasteiger charge is 2.27. The molecular weight excluding hydrogens is 442 g/mol. The second-order valence-corrected chi connectivity index (χ2v) is 9.48. The lowest BCUT2D eigenvalue weighted by molar-refractivity contribution is 0.254. The molecule has 0 aliphatic carbocycles. The van der Waals surface area contributed by atoms with Crippen LogP contribution in [0.4, 0.5) is 5.82 Å². The number of anilines is 1. The highest BCUT2D eigenvalue weighted by atomic mass is 35.5. The summed E-state index contributed by atoms with van der Waals surface area (Å²) in [5.74, 6) is 1.26. The normalized spacial score (nSPS) is 14.8. The van der Waals surface area contributed by atoms with Gasteiger partial charge in [0.25, 0.3) is 0 Å². The van der Waals surface area contributed by atoms with Crippen LogP contribution >= 0.6 is 11.6 Å². The third-order valence-electron chi connectivity index (χ3n) is 6.77. The number of likely N-dealkylation sites (N-methyl/N-ethyl adjacent to an activating group) is 1. The van der Waals surface area contributed by atoms with E-state index in [-0.39, 0.29) is 0 Å². The Bertz CT molecular complexity index is 1040. The molecule has 0 unspecified atom stereocenters. The lowest BCUT2D eigenvalue weighted by Gasteiger charge is -2.36. The Hall–Kier alpha value is -2.34. The Balaban J connectivity index is 1.72. The molecule has 0 saturated carbocycles. The molecule has 0 radical (unpaired) electrons. The van der Waals surface area contributed by atoms with E-state index in [1.54, 1.807) is 0 Å². The molecule has 2 aromatic carbocycles. The molecule has 34 heavy (non-hydrogen) atoms. The van der Waals surface area contributed by atoms with Crippen LogP contribution in [0.25, 0.3) is 5.69 Å². The molecule has 1 aromatic heterocycles. The number of piperazine rings is 1. The van der Waals surface area contributed by atoms with Gasteiger partial charge in [0.15, 0.2) is 0 Å². The molecule has 0 spiro atoms. The van der Waals surface area contributed by atoms with Crippen LogP contribution in [0.2, 0.25) is 5.02 Å². The summed E-state index contributed by atoms with van der Waals surface area (Å²) < 4.78 is 2.19. The van der Waals surface area contributed by atoms with Crippen molar-refractivity contribution >= 4 is 17.4 Å². The van der Waals surface area contributed by atoms with Gasteiger partial charge in [-0.1, -0.05) is 68.8 Å². The fraction of sp³-hybridized carbons (Fsp3) is 0.464. The molecule has 2 heterocycles. The smallest absolute Gasteiger partial charge is 0.137 e. The highest BCUT2D eigenvalue weighted by Crippen LogP contribution is 2.31. The van der Waals surface area contributed by atoms with Crippen LogP contribution in [0.3, 0.4) is 0 Å². The largest absolute Gasteiger partial charge is 0.354 e. The first-order valence-corrected chi connectivity index (χ1v) is 13.1. The Labute approximate surface area is 209 Å². The van der Waals surface area contributed by atoms with Crippen molar-refractivity contribution < 1.29 is 0 Å². The standard InChI is InChI=1S/C28H38ClN5/c1-4-16-32(21-23-12-10-11-15-26(23)29)22-25-27(5-2)30-34(24-13-8-7-9-14-24)28(25)33-19-17-31(6-3)18-20-33/h7-15H,4-6,16-22H2,1-3H3. The van der Waals surface area contributed by atoms with Crippen molar-refractivity contribution in [1.82, 2.24) is 19.6 Å². The van der Waals surface area contributed by atoms with Crippen molar-refractivity contribution in [2.24, 2.45) is 0 Å². The van der Waals surface area contributed by atoms with E-state index in [4.69, 9.17) is 16.7 Å². The molecule has 6 heteroatoms. The van der Waals surface area contributed by atoms with E-state index < -0.39 is 0 Å². The Morgan fingerprint density at radius 2 is 1.59 bits per heavy atom. The van der Waals surface area contributed by atoms with Crippen molar-refractivity contribution in [2.45, 2.75) is 46.7 Å². The van der Waals surface area contributed by atoms with Crippen LogP contribution in [0, 0.1) is 0 Å². The number of nitrogens with zero attached hydrogens (tertiary/aromatic N) is 5. The molecule has 5 nitrogen and oxygen atoms in total. The molecule has 4 rings (SSSR count). The number of halogens is 1. The average molecular weight is 480 g/mol. The van der Waals surface area contributed by atoms with Crippen LogP contribution in [-0.2, 0) is 19.5 Å². The van der Waals surface area contributed by atoms with Gasteiger partial charge in [-0.3, -0.25) is 4.90 Å². The molecule has 0 N–H and O–H groups in total. The lowest BCUT2D eigenvalue weighted by atomic mass is 10.1. The van der Waals surface area contributed by atoms with Gasteiger partial charge in [0.2, 0.25) is 0 Å². The minimum absolute atomic E-state index is 0.843. The van der Waals surface area contributed by atoms with E-state index in [0.29, 0.717) is 0 Å². The molecule has 1 saturated heterocycles. The Kier molecular flexibility index (Phi) is 8.65. The van der Waals surface area contributed by atoms with Crippen LogP contribution in [0.1, 0.15) is 44.0 Å². The van der Waals surface area contributed by atoms with Gasteiger partial charge in [-0.05, 0) is 49.7 Å². The number of benzene rings is 2. The summed E-state index contributed by atoms with van der Waals surface area (Å²) in [6.07, 6.45) is 2.02. The van der Waals surface area contributed by atoms with Gasteiger partial charge in [-0.25, -0.2) is 4.68 Å². The Morgan fingerprint density at radius 3 is 2.24 bits per heavy atom. The zero-order chi connectivity index (χ0) is 23.9. The van der Waals surface area contributed by atoms with Crippen molar-refractivity contribution in [2.75, 3.05) is 44.2 Å². The van der Waals surface area contributed by atoms with Gasteiger partial charge in [-0.15, -0.1) is 0 Å². The van der Waals surface area contributed by atoms with E-state index in [2.05, 4.69) is 82.6 Å². The summed E-state index contributed by atoms with van der Waals surface area (Å²) in [5, 5.41) is 6.00. The molecule has 0 amide bonds. The van der Waals surface area contributed by atoms with Gasteiger partial charge in [0.1, 0.15) is 5.82 Å². The maximum atomic E-state index is 6.54. The molecule has 3 aromatic rings. The summed E-state index contributed by atoms with van der Waals surface area (Å²) in [7, 11) is 0. The van der Waals surface area contributed by atoms with Gasteiger partial charge < -0.3 is 9.80 Å². The predicted molar refractivity (Wildman–Crippen MR) is 143 cm³/mol. The number of hydrogen-bond acceptors (Lipinski definition) is 4. The van der Waals surface area contributed by atoms with Gasteiger partial charge in [0, 0.05) is 49.9 Å². The first-order chi connectivity index (χ1) is 16.6. The van der Waals surface area contributed by atoms with Crippen LogP contribution < -0.4 is 4.90 Å². The zero-order valence-corrected chi connectivity index (χ0v) is 21.6. The molecule has 0 bridgehead atoms. The van der Waals surface area contributed by atoms with E-state index in [0.717, 1.165) is 75.9 Å². The number of hydrogen-bond donors (Lipinski definition) is 0. The average Bonchev–Trinajstić information content (AvgIpc) is 3.24. The lowest BCUT2D eigenvalue weighted by Crippen LogP contribution is -2.47. The summed E-state index contributed by atoms with van der Waals surface area (Å²) in [6.45, 7) is 14.8. The molecule has 1 aliphatic heterocycles. The molecule has 0 atom stereocenters. The second-order valence-electron chi connectivity index (χ2n) is 9.07. The fourth-order valence-electron chi connectivity index (χ4n) is 4.90. The van der Waals surface area contributed by atoms with Crippen molar-refractivity contribution in [3.63, 3.8) is 0 Å². The minimum Gasteiger partial charge on any atom is -0.354 e. The van der Waals surface area contributed by atoms with E-state index in [1.807, 2.05) is 12.1 Å². The van der Waals surface area contributed by atoms with Crippen LogP contribution in [-0.4, -0.2) is 58.8 Å². The fourth-order valence-corrected chi connectivity index (χ4v) is 5.10. The quantitative estimate of drug-likeness (QED) is 0.376. The molecule has 182 valence electrons. The summed E-state index contributed by atoms with van der Waals surface area (Å²) in [6, 6.07) is 18.8. The zero-order valence-electron chi connectivity index (χ0n) is 20.9. The van der Waals surface area contributed by atoms with E-state index in [1.165, 1.54) is 22.6 Å². The molecule has 1 aliphatic rings. The third-order valence-corrected chi connectivity index (χ3v) is 7.14. The minimum atomic E-state index is 0.843. The number of rotatable bonds is 10. The summed E-state index contributed by atoms with van der Waals surface area (Å²) in [5.41, 5.74) is 4.86. The summed E-state index contributed by atoms with van der Waals surface area (Å²) >= 11 is 6.54. The SMILES string of the molecule is CCCN(Cc1ccccc1Cl)Cc1c(CC)nn(-c2ccccc2)c1N1CCN(CC)CC1. The monoisotopic (exact) mass is 479 g/mol. The van der Waals surface area contributed by atoms with Crippen LogP contribution in [0.15, 0.2) is 54.6 Å². The van der Waals surface area contributed by atoms with E-state index in [9.17, 15) is 0 Å². The highest BCUT2D eigenvalue weighted by molar-refractivity contribution is 6.31. The predicted octanol–water partition coefficient (Wildman–Crippen LogP) is 5.64. The van der Waals surface area contributed by atoms with Crippen molar-refractivity contribution in [3.05, 3.63) is 76.4 Å². The maximum absolute atomic E-state index is 6.54. The van der Waals surface area contributed by atoms with Gasteiger partial charge in [-0.2, -0.15) is 5.10 Å². The van der Waals surface area contributed by atoms with Crippen molar-refractivity contribution in [1.29, 1.82) is 0 Å². The number of aryl methyl sites for hydroxylation is 1. The Morgan fingerprint density at radius 1 is 0.882 bits per heavy atom. The topological polar surface area (TPSA) is 27.5 Å². The van der Waals surface area contributed by atoms with Crippen LogP contribution in [0.5, 0.6) is 0 Å². The van der Waals surface area contributed by atoms with Gasteiger partial charge in [0.05, 0.1) is 11.4 Å². The first kappa shape index (κ1) is 24.8. The number of para-hydroxylation sites is 1. The first-order valence-electron chi connectivity index (χ1n) is 12.7. The molecule has 1 fully saturated rings. The number of aromatic nitrogens is 2. The van der Waals surface area contributed by atoms with Gasteiger partial charge >= 0.3 is 0 Å². The second kappa shape index (κ2) is 11.9. The third kappa shape index (κ3) is 5.65. The van der Waals surface area contributed by atoms with E-state index >= 15 is 0 Å². The maximum Gasteiger partial charge on any atom is 0.137 e. The molecular formula is C28H38ClN5. The summed E-state index contributed by atoms with van der Waals surface area (Å²) in [4.78, 5) is 7.61. The van der Waals surface area contributed by atoms with Crippen molar-refractivity contribution in [3.8, 4) is 5.69 Å².